The van der Waals surface area contributed by atoms with Gasteiger partial charge in [-0.15, -0.1) is 0 Å². The number of benzene rings is 1. The minimum absolute atomic E-state index is 0.209. The van der Waals surface area contributed by atoms with E-state index in [0.717, 1.165) is 6.20 Å². The highest BCUT2D eigenvalue weighted by Crippen LogP contribution is 2.34. The summed E-state index contributed by atoms with van der Waals surface area (Å²) in [6, 6.07) is 6.03. The molecule has 0 saturated heterocycles. The molecule has 0 fully saturated rings. The van der Waals surface area contributed by atoms with E-state index in [0.29, 0.717) is 10.9 Å². The maximum absolute atomic E-state index is 11.2. The Morgan fingerprint density at radius 3 is 2.70 bits per heavy atom. The van der Waals surface area contributed by atoms with Gasteiger partial charge in [0.05, 0.1) is 10.4 Å². The maximum Gasteiger partial charge on any atom is 0.326 e. The first-order valence-corrected chi connectivity index (χ1v) is 5.91. The van der Waals surface area contributed by atoms with Gasteiger partial charge in [0.15, 0.2) is 0 Å². The van der Waals surface area contributed by atoms with Crippen LogP contribution in [0.15, 0.2) is 30.5 Å². The fraction of sp³-hybridized carbons (Fsp3) is 0.231. The summed E-state index contributed by atoms with van der Waals surface area (Å²) < 4.78 is 0. The molecule has 104 valence electrons. The number of aromatic nitrogens is 1. The van der Waals surface area contributed by atoms with E-state index in [-0.39, 0.29) is 11.4 Å². The number of carboxylic acids is 1. The Kier molecular flexibility index (Phi) is 3.51. The van der Waals surface area contributed by atoms with Crippen LogP contribution in [-0.4, -0.2) is 34.1 Å². The molecule has 0 aliphatic heterocycles. The van der Waals surface area contributed by atoms with Crippen LogP contribution in [0, 0.1) is 10.1 Å². The smallest absolute Gasteiger partial charge is 0.326 e. The fourth-order valence-electron chi connectivity index (χ4n) is 1.98. The predicted molar refractivity (Wildman–Crippen MR) is 73.9 cm³/mol. The molecular weight excluding hydrogens is 262 g/mol. The first kappa shape index (κ1) is 13.7. The van der Waals surface area contributed by atoms with E-state index < -0.39 is 16.9 Å². The highest BCUT2D eigenvalue weighted by molar-refractivity contribution is 5.97. The zero-order chi connectivity index (χ0) is 14.9. The molecule has 0 radical (unpaired) electrons. The van der Waals surface area contributed by atoms with Crippen molar-refractivity contribution < 1.29 is 14.8 Å². The van der Waals surface area contributed by atoms with Gasteiger partial charge in [-0.1, -0.05) is 18.2 Å². The van der Waals surface area contributed by atoms with Crippen LogP contribution in [0.2, 0.25) is 0 Å². The molecule has 7 nitrogen and oxygen atoms in total. The number of anilines is 1. The number of fused-ring (bicyclic) bond motifs is 1. The number of aliphatic carboxylic acids is 1. The second kappa shape index (κ2) is 5.12. The van der Waals surface area contributed by atoms with E-state index in [9.17, 15) is 14.9 Å². The standard InChI is InChI=1S/C13H13N3O4/c1-8(13(17)18)15(2)12-9-5-3-4-6-10(9)14-7-11(12)16(19)20/h3-8H,1-2H3,(H,17,18). The van der Waals surface area contributed by atoms with E-state index in [4.69, 9.17) is 5.11 Å². The Bertz CT molecular complexity index is 686. The predicted octanol–water partition coefficient (Wildman–Crippen LogP) is 2.05. The Balaban J connectivity index is 2.73. The summed E-state index contributed by atoms with van der Waals surface area (Å²) in [5.41, 5.74) is 0.632. The second-order valence-electron chi connectivity index (χ2n) is 4.39. The Labute approximate surface area is 114 Å². The number of pyridine rings is 1. The van der Waals surface area contributed by atoms with Crippen molar-refractivity contribution in [1.82, 2.24) is 4.98 Å². The van der Waals surface area contributed by atoms with Crippen molar-refractivity contribution in [2.75, 3.05) is 11.9 Å². The number of rotatable bonds is 4. The van der Waals surface area contributed by atoms with Gasteiger partial charge in [0.1, 0.15) is 17.9 Å². The average Bonchev–Trinajstić information content (AvgIpc) is 2.44. The number of nitro groups is 1. The number of carboxylic acid groups (broad SMARTS) is 1. The number of hydrogen-bond acceptors (Lipinski definition) is 5. The maximum atomic E-state index is 11.2. The molecule has 2 aromatic rings. The van der Waals surface area contributed by atoms with Gasteiger partial charge >= 0.3 is 11.7 Å². The highest BCUT2D eigenvalue weighted by Gasteiger charge is 2.26. The van der Waals surface area contributed by atoms with E-state index in [2.05, 4.69) is 4.98 Å². The molecule has 1 aromatic carbocycles. The van der Waals surface area contributed by atoms with Crippen LogP contribution in [0.3, 0.4) is 0 Å². The molecule has 1 heterocycles. The SMILES string of the molecule is CC(C(=O)O)N(C)c1c([N+](=O)[O-])cnc2ccccc12. The van der Waals surface area contributed by atoms with Gasteiger partial charge in [-0.25, -0.2) is 9.78 Å². The first-order chi connectivity index (χ1) is 9.43. The summed E-state index contributed by atoms with van der Waals surface area (Å²) in [6.07, 6.45) is 1.16. The normalized spacial score (nSPS) is 12.1. The molecule has 20 heavy (non-hydrogen) atoms. The van der Waals surface area contributed by atoms with Crippen molar-refractivity contribution >= 4 is 28.2 Å². The molecule has 0 aliphatic rings. The molecule has 1 aromatic heterocycles. The van der Waals surface area contributed by atoms with Crippen LogP contribution in [0.1, 0.15) is 6.92 Å². The number of likely N-dealkylation sites (N-methyl/N-ethyl adjacent to an activating group) is 1. The van der Waals surface area contributed by atoms with Crippen LogP contribution >= 0.6 is 0 Å². The quantitative estimate of drug-likeness (QED) is 0.677. The zero-order valence-corrected chi connectivity index (χ0v) is 11.0. The van der Waals surface area contributed by atoms with Gasteiger partial charge in [-0.05, 0) is 13.0 Å². The van der Waals surface area contributed by atoms with Crippen LogP contribution in [0.5, 0.6) is 0 Å². The number of para-hydroxylation sites is 1. The third-order valence-corrected chi connectivity index (χ3v) is 3.22. The van der Waals surface area contributed by atoms with E-state index in [1.807, 2.05) is 0 Å². The van der Waals surface area contributed by atoms with Gasteiger partial charge in [0.25, 0.3) is 0 Å². The minimum Gasteiger partial charge on any atom is -0.480 e. The lowest BCUT2D eigenvalue weighted by molar-refractivity contribution is -0.384. The number of carbonyl (C=O) groups is 1. The minimum atomic E-state index is -1.05. The van der Waals surface area contributed by atoms with Crippen molar-refractivity contribution in [3.63, 3.8) is 0 Å². The highest BCUT2D eigenvalue weighted by atomic mass is 16.6. The lowest BCUT2D eigenvalue weighted by atomic mass is 10.1. The second-order valence-corrected chi connectivity index (χ2v) is 4.39. The van der Waals surface area contributed by atoms with Gasteiger partial charge in [0, 0.05) is 12.4 Å². The average molecular weight is 275 g/mol. The van der Waals surface area contributed by atoms with Crippen molar-refractivity contribution in [3.8, 4) is 0 Å². The van der Waals surface area contributed by atoms with Crippen molar-refractivity contribution in [2.24, 2.45) is 0 Å². The monoisotopic (exact) mass is 275 g/mol. The molecule has 0 spiro atoms. The van der Waals surface area contributed by atoms with Gasteiger partial charge in [-0.3, -0.25) is 10.1 Å². The lowest BCUT2D eigenvalue weighted by Crippen LogP contribution is -2.36. The van der Waals surface area contributed by atoms with Crippen LogP contribution in [0.4, 0.5) is 11.4 Å². The van der Waals surface area contributed by atoms with Crippen molar-refractivity contribution in [1.29, 1.82) is 0 Å². The molecule has 0 amide bonds. The summed E-state index contributed by atoms with van der Waals surface area (Å²) >= 11 is 0. The summed E-state index contributed by atoms with van der Waals surface area (Å²) in [5, 5.41) is 20.8. The summed E-state index contributed by atoms with van der Waals surface area (Å²) in [7, 11) is 1.52. The van der Waals surface area contributed by atoms with Gasteiger partial charge < -0.3 is 10.0 Å². The van der Waals surface area contributed by atoms with Crippen molar-refractivity contribution in [3.05, 3.63) is 40.6 Å². The lowest BCUT2D eigenvalue weighted by Gasteiger charge is -2.24. The van der Waals surface area contributed by atoms with Crippen molar-refractivity contribution in [2.45, 2.75) is 13.0 Å². The van der Waals surface area contributed by atoms with Crippen LogP contribution < -0.4 is 4.90 Å². The molecule has 0 bridgehead atoms. The summed E-state index contributed by atoms with van der Waals surface area (Å²) in [6.45, 7) is 1.47. The molecule has 2 rings (SSSR count). The summed E-state index contributed by atoms with van der Waals surface area (Å²) in [5.74, 6) is -1.05. The molecule has 0 aliphatic carbocycles. The third kappa shape index (κ3) is 2.25. The molecule has 0 saturated carbocycles. The van der Waals surface area contributed by atoms with E-state index in [1.165, 1.54) is 18.9 Å². The van der Waals surface area contributed by atoms with Crippen LogP contribution in [-0.2, 0) is 4.79 Å². The number of nitrogens with zero attached hydrogens (tertiary/aromatic N) is 3. The van der Waals surface area contributed by atoms with Crippen LogP contribution in [0.25, 0.3) is 10.9 Å². The molecular formula is C13H13N3O4. The molecule has 1 N–H and O–H groups in total. The Morgan fingerprint density at radius 2 is 2.10 bits per heavy atom. The zero-order valence-electron chi connectivity index (χ0n) is 11.0. The van der Waals surface area contributed by atoms with Gasteiger partial charge in [-0.2, -0.15) is 0 Å². The number of hydrogen-bond donors (Lipinski definition) is 1. The van der Waals surface area contributed by atoms with Gasteiger partial charge in [0.2, 0.25) is 0 Å². The summed E-state index contributed by atoms with van der Waals surface area (Å²) in [4.78, 5) is 27.1. The third-order valence-electron chi connectivity index (χ3n) is 3.22. The topological polar surface area (TPSA) is 96.6 Å². The molecule has 7 heteroatoms. The fourth-order valence-corrected chi connectivity index (χ4v) is 1.98. The first-order valence-electron chi connectivity index (χ1n) is 5.91. The van der Waals surface area contributed by atoms with E-state index >= 15 is 0 Å². The molecule has 1 atom stereocenters. The Hall–Kier alpha value is -2.70. The Morgan fingerprint density at radius 1 is 1.45 bits per heavy atom. The molecule has 1 unspecified atom stereocenters. The van der Waals surface area contributed by atoms with E-state index in [1.54, 1.807) is 24.3 Å². The largest absolute Gasteiger partial charge is 0.480 e.